The van der Waals surface area contributed by atoms with E-state index in [-0.39, 0.29) is 18.6 Å². The second-order valence-electron chi connectivity index (χ2n) is 5.11. The van der Waals surface area contributed by atoms with Crippen LogP contribution < -0.4 is 5.32 Å². The van der Waals surface area contributed by atoms with Gasteiger partial charge in [-0.3, -0.25) is 0 Å². The maximum absolute atomic E-state index is 11.6. The summed E-state index contributed by atoms with van der Waals surface area (Å²) < 4.78 is 0. The quantitative estimate of drug-likeness (QED) is 0.519. The summed E-state index contributed by atoms with van der Waals surface area (Å²) >= 11 is 0. The molecule has 1 unspecified atom stereocenters. The molecule has 0 saturated heterocycles. The van der Waals surface area contributed by atoms with E-state index >= 15 is 0 Å². The number of nitrogens with zero attached hydrogens (tertiary/aromatic N) is 1. The van der Waals surface area contributed by atoms with Crippen LogP contribution in [-0.4, -0.2) is 64.1 Å². The van der Waals surface area contributed by atoms with E-state index in [1.54, 1.807) is 7.05 Å². The third-order valence-electron chi connectivity index (χ3n) is 3.13. The molecular formula is C11H20N2O5. The monoisotopic (exact) mass is 260 g/mol. The molecule has 0 bridgehead atoms. The van der Waals surface area contributed by atoms with E-state index in [1.165, 1.54) is 4.90 Å². The molecule has 0 aromatic heterocycles. The van der Waals surface area contributed by atoms with Crippen LogP contribution in [0.2, 0.25) is 0 Å². The highest BCUT2D eigenvalue weighted by atomic mass is 16.4. The zero-order valence-electron chi connectivity index (χ0n) is 10.6. The number of hydrogen-bond donors (Lipinski definition) is 4. The molecule has 2 amide bonds. The first-order valence-electron chi connectivity index (χ1n) is 5.85. The maximum Gasteiger partial charge on any atom is 0.337 e. The number of carboxylic acid groups (broad SMARTS) is 1. The number of carbonyl (C=O) groups is 2. The molecule has 18 heavy (non-hydrogen) atoms. The van der Waals surface area contributed by atoms with Crippen LogP contribution in [0.4, 0.5) is 4.79 Å². The van der Waals surface area contributed by atoms with Crippen LogP contribution in [0.5, 0.6) is 0 Å². The highest BCUT2D eigenvalue weighted by Gasteiger charge is 2.32. The molecule has 7 nitrogen and oxygen atoms in total. The highest BCUT2D eigenvalue weighted by Crippen LogP contribution is 2.27. The number of hydrogen-bond acceptors (Lipinski definition) is 4. The van der Waals surface area contributed by atoms with Crippen molar-refractivity contribution in [2.45, 2.75) is 31.5 Å². The SMILES string of the molecule is CN(CC1CC(O)C1)C(=O)NCC(C)(O)C(=O)O. The lowest BCUT2D eigenvalue weighted by molar-refractivity contribution is -0.155. The maximum atomic E-state index is 11.6. The lowest BCUT2D eigenvalue weighted by Crippen LogP contribution is -2.50. The van der Waals surface area contributed by atoms with Crippen LogP contribution in [0.15, 0.2) is 0 Å². The fourth-order valence-corrected chi connectivity index (χ4v) is 1.78. The van der Waals surface area contributed by atoms with Crippen molar-refractivity contribution in [1.29, 1.82) is 0 Å². The molecule has 7 heteroatoms. The van der Waals surface area contributed by atoms with Crippen molar-refractivity contribution in [2.24, 2.45) is 5.92 Å². The lowest BCUT2D eigenvalue weighted by Gasteiger charge is -2.34. The zero-order chi connectivity index (χ0) is 13.9. The van der Waals surface area contributed by atoms with Gasteiger partial charge in [0.25, 0.3) is 0 Å². The van der Waals surface area contributed by atoms with Crippen molar-refractivity contribution in [3.05, 3.63) is 0 Å². The van der Waals surface area contributed by atoms with Gasteiger partial charge in [-0.15, -0.1) is 0 Å². The fraction of sp³-hybridized carbons (Fsp3) is 0.818. The molecule has 0 aromatic rings. The Morgan fingerprint density at radius 2 is 2.00 bits per heavy atom. The minimum Gasteiger partial charge on any atom is -0.479 e. The van der Waals surface area contributed by atoms with E-state index in [0.717, 1.165) is 6.92 Å². The van der Waals surface area contributed by atoms with Crippen LogP contribution in [0, 0.1) is 5.92 Å². The molecule has 1 rings (SSSR count). The minimum atomic E-state index is -1.97. The number of carbonyl (C=O) groups excluding carboxylic acids is 1. The predicted molar refractivity (Wildman–Crippen MR) is 63.0 cm³/mol. The van der Waals surface area contributed by atoms with Gasteiger partial charge in [0.2, 0.25) is 0 Å². The van der Waals surface area contributed by atoms with Crippen molar-refractivity contribution in [3.8, 4) is 0 Å². The van der Waals surface area contributed by atoms with Gasteiger partial charge in [0.05, 0.1) is 12.6 Å². The number of aliphatic carboxylic acids is 1. The van der Waals surface area contributed by atoms with Crippen molar-refractivity contribution < 1.29 is 24.9 Å². The van der Waals surface area contributed by atoms with E-state index in [4.69, 9.17) is 10.2 Å². The summed E-state index contributed by atoms with van der Waals surface area (Å²) in [7, 11) is 1.59. The molecular weight excluding hydrogens is 240 g/mol. The summed E-state index contributed by atoms with van der Waals surface area (Å²) in [5.74, 6) is -1.09. The fourth-order valence-electron chi connectivity index (χ4n) is 1.78. The summed E-state index contributed by atoms with van der Waals surface area (Å²) in [4.78, 5) is 23.7. The standard InChI is InChI=1S/C11H20N2O5/c1-11(18,9(15)16)6-12-10(17)13(2)5-7-3-8(14)4-7/h7-8,14,18H,3-6H2,1-2H3,(H,12,17)(H,15,16). The highest BCUT2D eigenvalue weighted by molar-refractivity contribution is 5.79. The summed E-state index contributed by atoms with van der Waals surface area (Å²) in [5.41, 5.74) is -1.97. The topological polar surface area (TPSA) is 110 Å². The summed E-state index contributed by atoms with van der Waals surface area (Å²) in [6, 6.07) is -0.432. The van der Waals surface area contributed by atoms with E-state index in [0.29, 0.717) is 19.4 Å². The molecule has 0 aromatic carbocycles. The van der Waals surface area contributed by atoms with Gasteiger partial charge in [0, 0.05) is 13.6 Å². The van der Waals surface area contributed by atoms with Gasteiger partial charge in [-0.1, -0.05) is 0 Å². The molecule has 0 heterocycles. The molecule has 1 aliphatic carbocycles. The molecule has 0 aliphatic heterocycles. The van der Waals surface area contributed by atoms with E-state index in [2.05, 4.69) is 5.32 Å². The van der Waals surface area contributed by atoms with Crippen molar-refractivity contribution in [3.63, 3.8) is 0 Å². The Labute approximate surface area is 105 Å². The average molecular weight is 260 g/mol. The normalized spacial score (nSPS) is 25.8. The number of carboxylic acids is 1. The van der Waals surface area contributed by atoms with E-state index in [9.17, 15) is 14.7 Å². The summed E-state index contributed by atoms with van der Waals surface area (Å²) in [6.07, 6.45) is 1.11. The molecule has 4 N–H and O–H groups in total. The van der Waals surface area contributed by atoms with Gasteiger partial charge >= 0.3 is 12.0 Å². The third-order valence-corrected chi connectivity index (χ3v) is 3.13. The Kier molecular flexibility index (Phi) is 4.53. The Hall–Kier alpha value is -1.34. The zero-order valence-corrected chi connectivity index (χ0v) is 10.6. The Morgan fingerprint density at radius 1 is 1.44 bits per heavy atom. The molecule has 1 saturated carbocycles. The average Bonchev–Trinajstić information content (AvgIpc) is 2.23. The van der Waals surface area contributed by atoms with Crippen molar-refractivity contribution in [2.75, 3.05) is 20.1 Å². The smallest absolute Gasteiger partial charge is 0.337 e. The number of aliphatic hydroxyl groups is 2. The van der Waals surface area contributed by atoms with E-state index in [1.807, 2.05) is 0 Å². The van der Waals surface area contributed by atoms with Crippen LogP contribution in [0.1, 0.15) is 19.8 Å². The van der Waals surface area contributed by atoms with Gasteiger partial charge in [-0.05, 0) is 25.7 Å². The predicted octanol–water partition coefficient (Wildman–Crippen LogP) is -0.766. The molecule has 104 valence electrons. The number of urea groups is 1. The number of aliphatic hydroxyl groups excluding tert-OH is 1. The summed E-state index contributed by atoms with van der Waals surface area (Å²) in [6.45, 7) is 1.29. The second-order valence-corrected chi connectivity index (χ2v) is 5.11. The lowest BCUT2D eigenvalue weighted by atomic mass is 9.82. The number of nitrogens with one attached hydrogen (secondary N) is 1. The molecule has 1 aliphatic rings. The first-order chi connectivity index (χ1) is 8.22. The first-order valence-corrected chi connectivity index (χ1v) is 5.85. The van der Waals surface area contributed by atoms with Crippen LogP contribution >= 0.6 is 0 Å². The Morgan fingerprint density at radius 3 is 2.44 bits per heavy atom. The minimum absolute atomic E-state index is 0.265. The van der Waals surface area contributed by atoms with Crippen LogP contribution in [0.25, 0.3) is 0 Å². The van der Waals surface area contributed by atoms with Gasteiger partial charge in [-0.2, -0.15) is 0 Å². The van der Waals surface area contributed by atoms with Gasteiger partial charge in [0.1, 0.15) is 0 Å². The summed E-state index contributed by atoms with van der Waals surface area (Å²) in [5, 5.41) is 29.6. The van der Waals surface area contributed by atoms with Gasteiger partial charge in [0.15, 0.2) is 5.60 Å². The van der Waals surface area contributed by atoms with Crippen LogP contribution in [0.3, 0.4) is 0 Å². The third kappa shape index (κ3) is 3.85. The Bertz CT molecular complexity index is 325. The van der Waals surface area contributed by atoms with Gasteiger partial charge < -0.3 is 25.5 Å². The second kappa shape index (κ2) is 5.53. The van der Waals surface area contributed by atoms with Crippen molar-refractivity contribution >= 4 is 12.0 Å². The molecule has 1 atom stereocenters. The first kappa shape index (κ1) is 14.7. The van der Waals surface area contributed by atoms with Gasteiger partial charge in [-0.25, -0.2) is 9.59 Å². The molecule has 0 spiro atoms. The Balaban J connectivity index is 2.29. The van der Waals surface area contributed by atoms with Crippen LogP contribution in [-0.2, 0) is 4.79 Å². The van der Waals surface area contributed by atoms with E-state index < -0.39 is 17.6 Å². The molecule has 0 radical (unpaired) electrons. The molecule has 1 fully saturated rings. The largest absolute Gasteiger partial charge is 0.479 e. The van der Waals surface area contributed by atoms with Crippen molar-refractivity contribution in [1.82, 2.24) is 10.2 Å². The number of rotatable bonds is 5. The number of amides is 2.